The molecule has 0 saturated heterocycles. The standard InChI is InChI=1S/C22H24N2O3/c1-14(2)22(26)24(20-8-6-5-7-15(20)3)13-17-11-16-12-18(27-4)9-10-19(16)23-21(17)25/h5-12,14H,13H2,1-4H3,(H,23,25). The maximum Gasteiger partial charge on any atom is 0.253 e. The van der Waals surface area contributed by atoms with Crippen molar-refractivity contribution in [3.8, 4) is 5.75 Å². The zero-order chi connectivity index (χ0) is 19.6. The van der Waals surface area contributed by atoms with Crippen molar-refractivity contribution in [2.24, 2.45) is 5.92 Å². The molecular formula is C22H24N2O3. The van der Waals surface area contributed by atoms with Crippen LogP contribution in [0.3, 0.4) is 0 Å². The highest BCUT2D eigenvalue weighted by Gasteiger charge is 2.22. The van der Waals surface area contributed by atoms with Gasteiger partial charge in [0.15, 0.2) is 0 Å². The number of fused-ring (bicyclic) bond motifs is 1. The SMILES string of the molecule is COc1ccc2[nH]c(=O)c(CN(C(=O)C(C)C)c3ccccc3C)cc2c1. The molecule has 1 amide bonds. The molecule has 27 heavy (non-hydrogen) atoms. The number of carbonyl (C=O) groups excluding carboxylic acids is 1. The predicted molar refractivity (Wildman–Crippen MR) is 108 cm³/mol. The molecule has 0 unspecified atom stereocenters. The van der Waals surface area contributed by atoms with Crippen LogP contribution < -0.4 is 15.2 Å². The lowest BCUT2D eigenvalue weighted by molar-refractivity contribution is -0.121. The van der Waals surface area contributed by atoms with Gasteiger partial charge in [0.25, 0.3) is 5.56 Å². The van der Waals surface area contributed by atoms with E-state index < -0.39 is 0 Å². The molecule has 2 aromatic carbocycles. The molecule has 0 radical (unpaired) electrons. The van der Waals surface area contributed by atoms with Crippen LogP contribution in [0.25, 0.3) is 10.9 Å². The fourth-order valence-electron chi connectivity index (χ4n) is 3.10. The quantitative estimate of drug-likeness (QED) is 0.743. The van der Waals surface area contributed by atoms with E-state index in [4.69, 9.17) is 4.74 Å². The lowest BCUT2D eigenvalue weighted by Crippen LogP contribution is -2.36. The normalized spacial score (nSPS) is 11.0. The summed E-state index contributed by atoms with van der Waals surface area (Å²) in [5.74, 6) is 0.521. The highest BCUT2D eigenvalue weighted by Crippen LogP contribution is 2.24. The number of aryl methyl sites for hydroxylation is 1. The van der Waals surface area contributed by atoms with Gasteiger partial charge in [-0.1, -0.05) is 32.0 Å². The van der Waals surface area contributed by atoms with E-state index in [2.05, 4.69) is 4.98 Å². The zero-order valence-corrected chi connectivity index (χ0v) is 16.1. The molecule has 0 bridgehead atoms. The number of rotatable bonds is 5. The third-order valence-corrected chi connectivity index (χ3v) is 4.62. The van der Waals surface area contributed by atoms with Gasteiger partial charge in [-0.2, -0.15) is 0 Å². The van der Waals surface area contributed by atoms with Crippen LogP contribution in [0.15, 0.2) is 53.3 Å². The second kappa shape index (κ2) is 7.66. The molecule has 1 N–H and O–H groups in total. The number of hydrogen-bond donors (Lipinski definition) is 1. The number of pyridine rings is 1. The number of carbonyl (C=O) groups is 1. The summed E-state index contributed by atoms with van der Waals surface area (Å²) in [5, 5.41) is 0.866. The first-order chi connectivity index (χ1) is 12.9. The summed E-state index contributed by atoms with van der Waals surface area (Å²) in [4.78, 5) is 30.1. The first-order valence-electron chi connectivity index (χ1n) is 8.97. The molecule has 5 heteroatoms. The molecule has 5 nitrogen and oxygen atoms in total. The van der Waals surface area contributed by atoms with E-state index in [1.807, 2.05) is 63.2 Å². The molecule has 0 spiro atoms. The summed E-state index contributed by atoms with van der Waals surface area (Å²) < 4.78 is 5.27. The van der Waals surface area contributed by atoms with E-state index in [1.54, 1.807) is 18.1 Å². The molecule has 3 aromatic rings. The first-order valence-corrected chi connectivity index (χ1v) is 8.97. The molecule has 0 aliphatic heterocycles. The molecule has 0 fully saturated rings. The Bertz CT molecular complexity index is 1040. The van der Waals surface area contributed by atoms with Crippen LogP contribution in [-0.4, -0.2) is 18.0 Å². The van der Waals surface area contributed by atoms with Crippen molar-refractivity contribution >= 4 is 22.5 Å². The van der Waals surface area contributed by atoms with Crippen molar-refractivity contribution in [2.45, 2.75) is 27.3 Å². The molecule has 0 atom stereocenters. The van der Waals surface area contributed by atoms with Gasteiger partial charge in [-0.25, -0.2) is 0 Å². The second-order valence-corrected chi connectivity index (χ2v) is 6.94. The minimum absolute atomic E-state index is 0.0190. The number of aromatic amines is 1. The summed E-state index contributed by atoms with van der Waals surface area (Å²) >= 11 is 0. The summed E-state index contributed by atoms with van der Waals surface area (Å²) in [7, 11) is 1.61. The lowest BCUT2D eigenvalue weighted by atomic mass is 10.1. The van der Waals surface area contributed by atoms with E-state index in [1.165, 1.54) is 0 Å². The summed E-state index contributed by atoms with van der Waals surface area (Å²) in [6.45, 7) is 5.90. The number of methoxy groups -OCH3 is 1. The molecule has 3 rings (SSSR count). The smallest absolute Gasteiger partial charge is 0.253 e. The Morgan fingerprint density at radius 3 is 2.56 bits per heavy atom. The Hall–Kier alpha value is -3.08. The minimum Gasteiger partial charge on any atom is -0.497 e. The Morgan fingerprint density at radius 1 is 1.15 bits per heavy atom. The van der Waals surface area contributed by atoms with Gasteiger partial charge in [0.1, 0.15) is 5.75 Å². The van der Waals surface area contributed by atoms with E-state index in [9.17, 15) is 9.59 Å². The van der Waals surface area contributed by atoms with Crippen LogP contribution in [0.5, 0.6) is 5.75 Å². The maximum atomic E-state index is 12.9. The van der Waals surface area contributed by atoms with E-state index in [-0.39, 0.29) is 23.9 Å². The number of anilines is 1. The Kier molecular flexibility index (Phi) is 5.31. The van der Waals surface area contributed by atoms with Gasteiger partial charge in [-0.05, 0) is 42.8 Å². The molecule has 1 heterocycles. The molecule has 1 aromatic heterocycles. The Balaban J connectivity index is 2.08. The van der Waals surface area contributed by atoms with Gasteiger partial charge in [0.2, 0.25) is 5.91 Å². The average molecular weight is 364 g/mol. The Morgan fingerprint density at radius 2 is 1.89 bits per heavy atom. The van der Waals surface area contributed by atoms with Crippen molar-refractivity contribution in [2.75, 3.05) is 12.0 Å². The van der Waals surface area contributed by atoms with Crippen molar-refractivity contribution in [3.05, 3.63) is 70.0 Å². The van der Waals surface area contributed by atoms with E-state index in [0.717, 1.165) is 27.9 Å². The van der Waals surface area contributed by atoms with Crippen molar-refractivity contribution in [1.29, 1.82) is 0 Å². The van der Waals surface area contributed by atoms with Gasteiger partial charge in [-0.3, -0.25) is 9.59 Å². The Labute approximate surface area is 158 Å². The van der Waals surface area contributed by atoms with Crippen LogP contribution in [0.4, 0.5) is 5.69 Å². The summed E-state index contributed by atoms with van der Waals surface area (Å²) in [6, 6.07) is 15.0. The fourth-order valence-corrected chi connectivity index (χ4v) is 3.10. The van der Waals surface area contributed by atoms with E-state index >= 15 is 0 Å². The lowest BCUT2D eigenvalue weighted by Gasteiger charge is -2.26. The van der Waals surface area contributed by atoms with Gasteiger partial charge < -0.3 is 14.6 Å². The van der Waals surface area contributed by atoms with Gasteiger partial charge >= 0.3 is 0 Å². The van der Waals surface area contributed by atoms with Crippen LogP contribution in [-0.2, 0) is 11.3 Å². The number of nitrogens with one attached hydrogen (secondary N) is 1. The molecule has 140 valence electrons. The van der Waals surface area contributed by atoms with Gasteiger partial charge in [0.05, 0.1) is 13.7 Å². The molecule has 0 saturated carbocycles. The number of H-pyrrole nitrogens is 1. The molecule has 0 aliphatic rings. The largest absolute Gasteiger partial charge is 0.497 e. The zero-order valence-electron chi connectivity index (χ0n) is 16.1. The van der Waals surface area contributed by atoms with Crippen molar-refractivity contribution in [1.82, 2.24) is 4.98 Å². The number of aromatic nitrogens is 1. The highest BCUT2D eigenvalue weighted by atomic mass is 16.5. The number of para-hydroxylation sites is 1. The minimum atomic E-state index is -0.192. The topological polar surface area (TPSA) is 62.4 Å². The van der Waals surface area contributed by atoms with Gasteiger partial charge in [0, 0.05) is 28.1 Å². The first kappa shape index (κ1) is 18.7. The summed E-state index contributed by atoms with van der Waals surface area (Å²) in [6.07, 6.45) is 0. The molecular weight excluding hydrogens is 340 g/mol. The predicted octanol–water partition coefficient (Wildman–Crippen LogP) is 4.03. The highest BCUT2D eigenvalue weighted by molar-refractivity contribution is 5.95. The second-order valence-electron chi connectivity index (χ2n) is 6.94. The fraction of sp³-hybridized carbons (Fsp3) is 0.273. The number of benzene rings is 2. The number of hydrogen-bond acceptors (Lipinski definition) is 3. The number of amides is 1. The number of ether oxygens (including phenoxy) is 1. The average Bonchev–Trinajstić information content (AvgIpc) is 2.66. The summed E-state index contributed by atoms with van der Waals surface area (Å²) in [5.41, 5.74) is 2.89. The third-order valence-electron chi connectivity index (χ3n) is 4.62. The monoisotopic (exact) mass is 364 g/mol. The number of nitrogens with zero attached hydrogens (tertiary/aromatic N) is 1. The van der Waals surface area contributed by atoms with Crippen molar-refractivity contribution < 1.29 is 9.53 Å². The molecule has 0 aliphatic carbocycles. The van der Waals surface area contributed by atoms with Crippen LogP contribution >= 0.6 is 0 Å². The van der Waals surface area contributed by atoms with Crippen LogP contribution in [0.1, 0.15) is 25.0 Å². The van der Waals surface area contributed by atoms with Gasteiger partial charge in [-0.15, -0.1) is 0 Å². The van der Waals surface area contributed by atoms with Crippen LogP contribution in [0, 0.1) is 12.8 Å². The van der Waals surface area contributed by atoms with Crippen molar-refractivity contribution in [3.63, 3.8) is 0 Å². The van der Waals surface area contributed by atoms with E-state index in [0.29, 0.717) is 5.56 Å². The maximum absolute atomic E-state index is 12.9. The third kappa shape index (κ3) is 3.87. The van der Waals surface area contributed by atoms with Crippen LogP contribution in [0.2, 0.25) is 0 Å².